The van der Waals surface area contributed by atoms with E-state index >= 15 is 0 Å². The molecule has 5 aromatic carbocycles. The second-order valence-electron chi connectivity index (χ2n) is 12.2. The molecule has 1 saturated heterocycles. The van der Waals surface area contributed by atoms with Crippen molar-refractivity contribution >= 4 is 63.9 Å². The minimum absolute atomic E-state index is 0.00146. The molecule has 55 heavy (non-hydrogen) atoms. The number of benzene rings is 5. The predicted molar refractivity (Wildman–Crippen MR) is 209 cm³/mol. The number of methoxy groups -OCH3 is 3. The van der Waals surface area contributed by atoms with Gasteiger partial charge in [-0.25, -0.2) is 9.88 Å². The van der Waals surface area contributed by atoms with Crippen molar-refractivity contribution in [2.24, 2.45) is 0 Å². The number of ether oxygens (including phenoxy) is 3. The topological polar surface area (TPSA) is 149 Å². The van der Waals surface area contributed by atoms with Gasteiger partial charge in [-0.1, -0.05) is 36.4 Å². The van der Waals surface area contributed by atoms with Gasteiger partial charge in [-0.15, -0.1) is 11.8 Å². The molecule has 1 atom stereocenters. The molecule has 2 N–H and O–H groups in total. The summed E-state index contributed by atoms with van der Waals surface area (Å²) in [6.45, 7) is 0. The number of nitrogens with zero attached hydrogens (tertiary/aromatic N) is 2. The number of hydrogen-bond acceptors (Lipinski definition) is 10. The molecule has 1 fully saturated rings. The average molecular weight is 755 g/mol. The van der Waals surface area contributed by atoms with E-state index in [-0.39, 0.29) is 23.9 Å². The highest BCUT2D eigenvalue weighted by atomic mass is 32.2. The molecule has 0 saturated carbocycles. The Bertz CT molecular complexity index is 2410. The first kappa shape index (κ1) is 36.5. The van der Waals surface area contributed by atoms with Crippen LogP contribution in [0.4, 0.5) is 11.4 Å². The largest absolute Gasteiger partial charge is 0.493 e. The van der Waals surface area contributed by atoms with Gasteiger partial charge in [0.1, 0.15) is 11.2 Å². The first-order chi connectivity index (χ1) is 26.8. The first-order valence-corrected chi connectivity index (χ1v) is 17.9. The van der Waals surface area contributed by atoms with Crippen LogP contribution in [0.15, 0.2) is 130 Å². The van der Waals surface area contributed by atoms with Gasteiger partial charge >= 0.3 is 0 Å². The van der Waals surface area contributed by atoms with Crippen molar-refractivity contribution in [2.75, 3.05) is 31.5 Å². The van der Waals surface area contributed by atoms with Gasteiger partial charge in [0.25, 0.3) is 11.8 Å². The van der Waals surface area contributed by atoms with E-state index in [2.05, 4.69) is 15.6 Å². The summed E-state index contributed by atoms with van der Waals surface area (Å²) in [5.74, 6) is -0.327. The summed E-state index contributed by atoms with van der Waals surface area (Å²) in [6.07, 6.45) is 1.48. The molecule has 0 spiro atoms. The maximum absolute atomic E-state index is 13.9. The maximum Gasteiger partial charge on any atom is 0.272 e. The highest BCUT2D eigenvalue weighted by Gasteiger charge is 2.40. The Morgan fingerprint density at radius 2 is 1.58 bits per heavy atom. The summed E-state index contributed by atoms with van der Waals surface area (Å²) in [7, 11) is 4.42. The van der Waals surface area contributed by atoms with E-state index in [9.17, 15) is 19.2 Å². The third kappa shape index (κ3) is 7.78. The number of oxazole rings is 1. The molecule has 4 amide bonds. The van der Waals surface area contributed by atoms with Gasteiger partial charge in [-0.05, 0) is 84.9 Å². The Balaban J connectivity index is 1.08. The van der Waals surface area contributed by atoms with Gasteiger partial charge in [0, 0.05) is 33.7 Å². The van der Waals surface area contributed by atoms with Gasteiger partial charge in [0.15, 0.2) is 17.1 Å². The monoisotopic (exact) mass is 754 g/mol. The van der Waals surface area contributed by atoms with Crippen molar-refractivity contribution in [3.05, 3.63) is 132 Å². The van der Waals surface area contributed by atoms with E-state index in [1.165, 1.54) is 44.1 Å². The van der Waals surface area contributed by atoms with E-state index in [4.69, 9.17) is 18.6 Å². The average Bonchev–Trinajstić information content (AvgIpc) is 3.77. The Kier molecular flexibility index (Phi) is 10.6. The highest BCUT2D eigenvalue weighted by Crippen LogP contribution is 2.41. The Hall–Kier alpha value is -6.86. The lowest BCUT2D eigenvalue weighted by Gasteiger charge is -2.16. The number of rotatable bonds is 12. The number of anilines is 2. The number of thioether (sulfide) groups is 1. The molecule has 1 aliphatic heterocycles. The van der Waals surface area contributed by atoms with Crippen LogP contribution >= 0.6 is 11.8 Å². The number of para-hydroxylation sites is 2. The number of carbonyl (C=O) groups excluding carboxylic acids is 4. The SMILES string of the molecule is COc1ccc(/C=C(\NC(=O)c2ccccc2)C(=O)Nc2cccc(S[C@@H]3CC(=O)N(c4ccc(-c5nc6ccccc6o5)cc4)C3=O)c2)c(OC)c1OC. The molecule has 6 aromatic rings. The minimum Gasteiger partial charge on any atom is -0.493 e. The van der Waals surface area contributed by atoms with Gasteiger partial charge in [-0.3, -0.25) is 19.2 Å². The smallest absolute Gasteiger partial charge is 0.272 e. The van der Waals surface area contributed by atoms with Crippen LogP contribution in [0.5, 0.6) is 17.2 Å². The van der Waals surface area contributed by atoms with Crippen LogP contribution in [-0.4, -0.2) is 55.2 Å². The Morgan fingerprint density at radius 1 is 0.836 bits per heavy atom. The van der Waals surface area contributed by atoms with E-state index in [1.54, 1.807) is 91.0 Å². The lowest BCUT2D eigenvalue weighted by molar-refractivity contribution is -0.121. The van der Waals surface area contributed by atoms with Crippen LogP contribution in [0, 0.1) is 0 Å². The van der Waals surface area contributed by atoms with Crippen LogP contribution < -0.4 is 29.7 Å². The summed E-state index contributed by atoms with van der Waals surface area (Å²) in [4.78, 5) is 60.2. The zero-order valence-electron chi connectivity index (χ0n) is 29.9. The Morgan fingerprint density at radius 3 is 2.31 bits per heavy atom. The zero-order valence-corrected chi connectivity index (χ0v) is 30.7. The van der Waals surface area contributed by atoms with Crippen molar-refractivity contribution in [2.45, 2.75) is 16.6 Å². The summed E-state index contributed by atoms with van der Waals surface area (Å²) in [6, 6.07) is 33.1. The van der Waals surface area contributed by atoms with E-state index in [1.807, 2.05) is 24.3 Å². The second-order valence-corrected chi connectivity index (χ2v) is 13.5. The molecule has 0 aliphatic carbocycles. The van der Waals surface area contributed by atoms with Crippen LogP contribution in [0.3, 0.4) is 0 Å². The van der Waals surface area contributed by atoms with Gasteiger partial charge in [-0.2, -0.15) is 0 Å². The van der Waals surface area contributed by atoms with Crippen molar-refractivity contribution in [3.8, 4) is 28.7 Å². The number of imide groups is 1. The molecular weight excluding hydrogens is 721 g/mol. The lowest BCUT2D eigenvalue weighted by atomic mass is 10.1. The summed E-state index contributed by atoms with van der Waals surface area (Å²) < 4.78 is 22.4. The number of carbonyl (C=O) groups is 4. The van der Waals surface area contributed by atoms with Gasteiger partial charge in [0.2, 0.25) is 23.5 Å². The molecule has 0 bridgehead atoms. The molecule has 1 aliphatic rings. The van der Waals surface area contributed by atoms with Crippen LogP contribution in [0.2, 0.25) is 0 Å². The third-order valence-corrected chi connectivity index (χ3v) is 9.88. The fraction of sp³-hybridized carbons (Fsp3) is 0.119. The van der Waals surface area contributed by atoms with Crippen molar-refractivity contribution < 1.29 is 37.8 Å². The fourth-order valence-electron chi connectivity index (χ4n) is 6.06. The zero-order chi connectivity index (χ0) is 38.5. The number of fused-ring (bicyclic) bond motifs is 1. The fourth-order valence-corrected chi connectivity index (χ4v) is 7.17. The first-order valence-electron chi connectivity index (χ1n) is 17.0. The summed E-state index contributed by atoms with van der Waals surface area (Å²) >= 11 is 1.22. The van der Waals surface area contributed by atoms with Gasteiger partial charge in [0.05, 0.1) is 32.3 Å². The minimum atomic E-state index is -0.687. The summed E-state index contributed by atoms with van der Waals surface area (Å²) in [5.41, 5.74) is 3.67. The molecule has 7 rings (SSSR count). The molecule has 0 unspecified atom stereocenters. The predicted octanol–water partition coefficient (Wildman–Crippen LogP) is 7.35. The molecule has 12 nitrogen and oxygen atoms in total. The number of amides is 4. The van der Waals surface area contributed by atoms with E-state index in [0.29, 0.717) is 61.7 Å². The third-order valence-electron chi connectivity index (χ3n) is 8.71. The van der Waals surface area contributed by atoms with Crippen molar-refractivity contribution in [3.63, 3.8) is 0 Å². The quantitative estimate of drug-likeness (QED) is 0.0959. The highest BCUT2D eigenvalue weighted by molar-refractivity contribution is 8.00. The molecule has 1 aromatic heterocycles. The number of aromatic nitrogens is 1. The maximum atomic E-state index is 13.9. The molecule has 0 radical (unpaired) electrons. The summed E-state index contributed by atoms with van der Waals surface area (Å²) in [5, 5.41) is 4.88. The Labute approximate surface area is 320 Å². The second kappa shape index (κ2) is 16.0. The molecular formula is C42H34N4O8S. The van der Waals surface area contributed by atoms with Crippen molar-refractivity contribution in [1.29, 1.82) is 0 Å². The van der Waals surface area contributed by atoms with Gasteiger partial charge < -0.3 is 29.3 Å². The lowest BCUT2D eigenvalue weighted by Crippen LogP contribution is -2.31. The van der Waals surface area contributed by atoms with E-state index in [0.717, 1.165) is 5.52 Å². The van der Waals surface area contributed by atoms with Crippen LogP contribution in [0.25, 0.3) is 28.6 Å². The standard InChI is InChI=1S/C42H34N4O8S/c1-51-34-21-18-27(37(52-2)38(34)53-3)22-32(44-39(48)25-10-5-4-6-11-25)40(49)43-28-12-9-13-30(23-28)55-35-24-36(47)46(42(35)50)29-19-16-26(17-20-29)41-45-31-14-7-8-15-33(31)54-41/h4-23,35H,24H2,1-3H3,(H,43,49)(H,44,48)/b32-22-/t35-/m1/s1. The van der Waals surface area contributed by atoms with Crippen molar-refractivity contribution in [1.82, 2.24) is 10.3 Å². The normalized spacial score (nSPS) is 14.2. The van der Waals surface area contributed by atoms with E-state index < -0.39 is 17.1 Å². The number of nitrogens with one attached hydrogen (secondary N) is 2. The number of hydrogen-bond donors (Lipinski definition) is 2. The molecule has 2 heterocycles. The molecule has 276 valence electrons. The molecule has 13 heteroatoms. The van der Waals surface area contributed by atoms with Crippen LogP contribution in [0.1, 0.15) is 22.3 Å². The van der Waals surface area contributed by atoms with Crippen LogP contribution in [-0.2, 0) is 14.4 Å².